The van der Waals surface area contributed by atoms with Gasteiger partial charge in [0.05, 0.1) is 5.71 Å². The van der Waals surface area contributed by atoms with Crippen molar-refractivity contribution in [2.45, 2.75) is 6.42 Å². The van der Waals surface area contributed by atoms with Crippen LogP contribution >= 0.6 is 0 Å². The van der Waals surface area contributed by atoms with E-state index in [0.717, 1.165) is 16.6 Å². The number of nitrogens with one attached hydrogen (secondary N) is 1. The van der Waals surface area contributed by atoms with Crippen molar-refractivity contribution < 1.29 is 5.21 Å². The van der Waals surface area contributed by atoms with Crippen LogP contribution in [0, 0.1) is 0 Å². The smallest absolute Gasteiger partial charge is 0.0912 e. The van der Waals surface area contributed by atoms with Crippen LogP contribution in [-0.2, 0) is 6.42 Å². The summed E-state index contributed by atoms with van der Waals surface area (Å²) in [6.45, 7) is 0. The molecule has 1 aromatic heterocycles. The molecule has 0 saturated heterocycles. The van der Waals surface area contributed by atoms with Gasteiger partial charge in [-0.1, -0.05) is 53.7 Å². The number of oxime groups is 1. The minimum Gasteiger partial charge on any atom is -0.411 e. The number of rotatable bonds is 3. The predicted octanol–water partition coefficient (Wildman–Crippen LogP) is 3.59. The predicted molar refractivity (Wildman–Crippen MR) is 76.8 cm³/mol. The summed E-state index contributed by atoms with van der Waals surface area (Å²) in [6, 6.07) is 17.8. The zero-order valence-electron chi connectivity index (χ0n) is 10.4. The molecule has 0 fully saturated rings. The van der Waals surface area contributed by atoms with Crippen LogP contribution in [0.2, 0.25) is 0 Å². The van der Waals surface area contributed by atoms with Crippen molar-refractivity contribution in [2.75, 3.05) is 0 Å². The minimum atomic E-state index is 0.602. The minimum absolute atomic E-state index is 0.602. The first-order valence-corrected chi connectivity index (χ1v) is 6.20. The first-order chi connectivity index (χ1) is 9.38. The molecule has 3 aromatic rings. The van der Waals surface area contributed by atoms with Gasteiger partial charge in [0, 0.05) is 23.5 Å². The van der Waals surface area contributed by atoms with E-state index in [0.29, 0.717) is 12.1 Å². The van der Waals surface area contributed by atoms with Gasteiger partial charge in [-0.05, 0) is 17.2 Å². The maximum atomic E-state index is 9.23. The Morgan fingerprint density at radius 3 is 2.53 bits per heavy atom. The molecule has 1 heterocycles. The summed E-state index contributed by atoms with van der Waals surface area (Å²) in [5.41, 5.74) is 3.84. The lowest BCUT2D eigenvalue weighted by Gasteiger charge is -2.03. The zero-order chi connectivity index (χ0) is 13.1. The number of para-hydroxylation sites is 1. The van der Waals surface area contributed by atoms with E-state index < -0.39 is 0 Å². The number of fused-ring (bicyclic) bond motifs is 1. The van der Waals surface area contributed by atoms with Gasteiger partial charge in [-0.3, -0.25) is 0 Å². The molecule has 94 valence electrons. The first-order valence-electron chi connectivity index (χ1n) is 6.20. The Bertz CT molecular complexity index is 714. The molecule has 19 heavy (non-hydrogen) atoms. The number of nitrogens with zero attached hydrogens (tertiary/aromatic N) is 1. The first kappa shape index (κ1) is 11.5. The summed E-state index contributed by atoms with van der Waals surface area (Å²) in [5.74, 6) is 0. The number of aromatic amines is 1. The Morgan fingerprint density at radius 1 is 1.00 bits per heavy atom. The Hall–Kier alpha value is -2.55. The highest BCUT2D eigenvalue weighted by Gasteiger charge is 2.09. The molecule has 0 bridgehead atoms. The van der Waals surface area contributed by atoms with Gasteiger partial charge in [0.25, 0.3) is 0 Å². The molecule has 0 amide bonds. The fraction of sp³-hybridized carbons (Fsp3) is 0.0625. The molecule has 0 atom stereocenters. The van der Waals surface area contributed by atoms with E-state index in [4.69, 9.17) is 0 Å². The van der Waals surface area contributed by atoms with Gasteiger partial charge in [0.1, 0.15) is 0 Å². The highest BCUT2D eigenvalue weighted by Crippen LogP contribution is 2.19. The van der Waals surface area contributed by atoms with Crippen LogP contribution in [0.25, 0.3) is 10.9 Å². The maximum absolute atomic E-state index is 9.23. The van der Waals surface area contributed by atoms with E-state index >= 15 is 0 Å². The highest BCUT2D eigenvalue weighted by atomic mass is 16.4. The molecule has 0 spiro atoms. The van der Waals surface area contributed by atoms with E-state index in [-0.39, 0.29) is 0 Å². The van der Waals surface area contributed by atoms with Crippen LogP contribution < -0.4 is 0 Å². The second-order valence-corrected chi connectivity index (χ2v) is 4.45. The molecule has 2 N–H and O–H groups in total. The highest BCUT2D eigenvalue weighted by molar-refractivity contribution is 6.03. The van der Waals surface area contributed by atoms with E-state index in [1.54, 1.807) is 0 Å². The Kier molecular flexibility index (Phi) is 3.02. The quantitative estimate of drug-likeness (QED) is 0.416. The molecule has 0 radical (unpaired) electrons. The lowest BCUT2D eigenvalue weighted by Crippen LogP contribution is -2.04. The van der Waals surface area contributed by atoms with Crippen LogP contribution in [0.15, 0.2) is 65.9 Å². The second-order valence-electron chi connectivity index (χ2n) is 4.45. The SMILES string of the molecule is O/N=C(/Cc1c[nH]c2ccccc12)c1ccccc1. The number of H-pyrrole nitrogens is 1. The van der Waals surface area contributed by atoms with Crippen LogP contribution in [0.3, 0.4) is 0 Å². The zero-order valence-corrected chi connectivity index (χ0v) is 10.4. The molecule has 0 aliphatic heterocycles. The van der Waals surface area contributed by atoms with Crippen LogP contribution in [0.4, 0.5) is 0 Å². The van der Waals surface area contributed by atoms with Crippen molar-refractivity contribution in [2.24, 2.45) is 5.16 Å². The van der Waals surface area contributed by atoms with Crippen LogP contribution in [0.5, 0.6) is 0 Å². The number of benzene rings is 2. The van der Waals surface area contributed by atoms with Crippen molar-refractivity contribution in [1.82, 2.24) is 4.98 Å². The monoisotopic (exact) mass is 250 g/mol. The third-order valence-corrected chi connectivity index (χ3v) is 3.26. The largest absolute Gasteiger partial charge is 0.411 e. The summed E-state index contributed by atoms with van der Waals surface area (Å²) >= 11 is 0. The second kappa shape index (κ2) is 4.98. The standard InChI is InChI=1S/C16H14N2O/c19-18-16(12-6-2-1-3-7-12)10-13-11-17-15-9-5-4-8-14(13)15/h1-9,11,17,19H,10H2/b18-16-. The van der Waals surface area contributed by atoms with Crippen molar-refractivity contribution in [3.63, 3.8) is 0 Å². The summed E-state index contributed by atoms with van der Waals surface area (Å²) in [6.07, 6.45) is 2.57. The molecule has 0 aliphatic rings. The molecule has 3 rings (SSSR count). The van der Waals surface area contributed by atoms with Crippen LogP contribution in [-0.4, -0.2) is 15.9 Å². The van der Waals surface area contributed by atoms with Crippen molar-refractivity contribution in [3.05, 3.63) is 71.9 Å². The Morgan fingerprint density at radius 2 is 1.74 bits per heavy atom. The van der Waals surface area contributed by atoms with Crippen LogP contribution in [0.1, 0.15) is 11.1 Å². The lowest BCUT2D eigenvalue weighted by atomic mass is 10.0. The normalized spacial score (nSPS) is 11.9. The maximum Gasteiger partial charge on any atom is 0.0912 e. The topological polar surface area (TPSA) is 48.4 Å². The molecule has 0 unspecified atom stereocenters. The summed E-state index contributed by atoms with van der Waals surface area (Å²) < 4.78 is 0. The summed E-state index contributed by atoms with van der Waals surface area (Å²) in [4.78, 5) is 3.23. The Labute approximate surface area is 111 Å². The number of hydrogen-bond donors (Lipinski definition) is 2. The average Bonchev–Trinajstić information content (AvgIpc) is 2.89. The van der Waals surface area contributed by atoms with E-state index in [2.05, 4.69) is 16.2 Å². The number of aromatic nitrogens is 1. The van der Waals surface area contributed by atoms with Crippen molar-refractivity contribution >= 4 is 16.6 Å². The third-order valence-electron chi connectivity index (χ3n) is 3.26. The summed E-state index contributed by atoms with van der Waals surface area (Å²) in [5, 5.41) is 13.8. The van der Waals surface area contributed by atoms with Gasteiger partial charge in [-0.15, -0.1) is 0 Å². The van der Waals surface area contributed by atoms with Gasteiger partial charge in [-0.25, -0.2) is 0 Å². The fourth-order valence-electron chi connectivity index (χ4n) is 2.28. The Balaban J connectivity index is 1.96. The summed E-state index contributed by atoms with van der Waals surface area (Å²) in [7, 11) is 0. The van der Waals surface area contributed by atoms with Gasteiger partial charge in [-0.2, -0.15) is 0 Å². The van der Waals surface area contributed by atoms with Gasteiger partial charge in [0.15, 0.2) is 0 Å². The van der Waals surface area contributed by atoms with E-state index in [1.165, 1.54) is 5.39 Å². The molecule has 0 aliphatic carbocycles. The molecular weight excluding hydrogens is 236 g/mol. The molecular formula is C16H14N2O. The van der Waals surface area contributed by atoms with Gasteiger partial charge >= 0.3 is 0 Å². The van der Waals surface area contributed by atoms with Crippen molar-refractivity contribution in [1.29, 1.82) is 0 Å². The van der Waals surface area contributed by atoms with Gasteiger partial charge < -0.3 is 10.2 Å². The van der Waals surface area contributed by atoms with E-state index in [9.17, 15) is 5.21 Å². The van der Waals surface area contributed by atoms with Crippen molar-refractivity contribution in [3.8, 4) is 0 Å². The van der Waals surface area contributed by atoms with E-state index in [1.807, 2.05) is 54.7 Å². The fourth-order valence-corrected chi connectivity index (χ4v) is 2.28. The number of hydrogen-bond acceptors (Lipinski definition) is 2. The molecule has 0 saturated carbocycles. The molecule has 2 aromatic carbocycles. The molecule has 3 nitrogen and oxygen atoms in total. The molecule has 3 heteroatoms. The lowest BCUT2D eigenvalue weighted by molar-refractivity contribution is 0.318. The van der Waals surface area contributed by atoms with Gasteiger partial charge in [0.2, 0.25) is 0 Å². The third kappa shape index (κ3) is 2.22. The average molecular weight is 250 g/mol.